The molecule has 110 valence electrons. The third-order valence-corrected chi connectivity index (χ3v) is 3.07. The van der Waals surface area contributed by atoms with Gasteiger partial charge in [-0.25, -0.2) is 9.59 Å². The fourth-order valence-corrected chi connectivity index (χ4v) is 2.28. The number of nitrogens with one attached hydrogen (secondary N) is 1. The van der Waals surface area contributed by atoms with Crippen LogP contribution < -0.4 is 16.0 Å². The fraction of sp³-hybridized carbons (Fsp3) is 0.143. The second-order valence-electron chi connectivity index (χ2n) is 4.61. The first-order valence-electron chi connectivity index (χ1n) is 6.14. The van der Waals surface area contributed by atoms with Gasteiger partial charge in [0.05, 0.1) is 0 Å². The zero-order valence-electron chi connectivity index (χ0n) is 11.5. The molecule has 1 aliphatic heterocycles. The number of aliphatic carboxylic acids is 2. The summed E-state index contributed by atoms with van der Waals surface area (Å²) >= 11 is 0. The molecule has 5 N–H and O–H groups in total. The van der Waals surface area contributed by atoms with E-state index in [0.717, 1.165) is 0 Å². The Bertz CT molecular complexity index is 655. The number of nitrogens with two attached hydrogens (primary N) is 1. The second-order valence-corrected chi connectivity index (χ2v) is 4.61. The van der Waals surface area contributed by atoms with Crippen molar-refractivity contribution in [2.75, 3.05) is 10.6 Å². The number of carboxylic acid groups (broad SMARTS) is 2. The average molecular weight is 289 g/mol. The van der Waals surface area contributed by atoms with Crippen LogP contribution in [0.25, 0.3) is 0 Å². The lowest BCUT2D eigenvalue weighted by atomic mass is 10.1. The van der Waals surface area contributed by atoms with E-state index in [-0.39, 0.29) is 11.4 Å². The highest BCUT2D eigenvalue weighted by molar-refractivity contribution is 6.02. The summed E-state index contributed by atoms with van der Waals surface area (Å²) in [6.45, 7) is 3.15. The first kappa shape index (κ1) is 14.4. The highest BCUT2D eigenvalue weighted by Crippen LogP contribution is 2.31. The van der Waals surface area contributed by atoms with Gasteiger partial charge in [-0.2, -0.15) is 0 Å². The Kier molecular flexibility index (Phi) is 3.58. The summed E-state index contributed by atoms with van der Waals surface area (Å²) in [6.07, 6.45) is 0. The van der Waals surface area contributed by atoms with Gasteiger partial charge < -0.3 is 21.3 Å². The smallest absolute Gasteiger partial charge is 0.354 e. The molecule has 0 atom stereocenters. The predicted octanol–water partition coefficient (Wildman–Crippen LogP) is 1.31. The molecule has 7 nitrogen and oxygen atoms in total. The summed E-state index contributed by atoms with van der Waals surface area (Å²) in [6, 6.07) is 6.40. The van der Waals surface area contributed by atoms with Crippen molar-refractivity contribution in [3.05, 3.63) is 47.1 Å². The van der Waals surface area contributed by atoms with Crippen molar-refractivity contribution in [1.82, 2.24) is 5.32 Å². The Morgan fingerprint density at radius 1 is 1.10 bits per heavy atom. The third kappa shape index (κ3) is 2.53. The molecule has 1 aromatic rings. The zero-order chi connectivity index (χ0) is 15.7. The van der Waals surface area contributed by atoms with Gasteiger partial charge in [-0.1, -0.05) is 6.07 Å². The van der Waals surface area contributed by atoms with Crippen LogP contribution in [-0.4, -0.2) is 22.2 Å². The van der Waals surface area contributed by atoms with Crippen LogP contribution in [0, 0.1) is 0 Å². The zero-order valence-corrected chi connectivity index (χ0v) is 11.5. The molecule has 0 fully saturated rings. The predicted molar refractivity (Wildman–Crippen MR) is 77.1 cm³/mol. The summed E-state index contributed by atoms with van der Waals surface area (Å²) < 4.78 is 0. The molecule has 21 heavy (non-hydrogen) atoms. The minimum absolute atomic E-state index is 0.149. The maximum atomic E-state index is 11.5. The summed E-state index contributed by atoms with van der Waals surface area (Å²) in [5, 5.41) is 21.6. The van der Waals surface area contributed by atoms with Crippen molar-refractivity contribution in [3.63, 3.8) is 0 Å². The number of anilines is 2. The van der Waals surface area contributed by atoms with Crippen molar-refractivity contribution in [2.45, 2.75) is 13.8 Å². The van der Waals surface area contributed by atoms with E-state index in [2.05, 4.69) is 5.32 Å². The second kappa shape index (κ2) is 5.20. The number of rotatable bonds is 3. The van der Waals surface area contributed by atoms with Crippen LogP contribution in [0.15, 0.2) is 47.1 Å². The van der Waals surface area contributed by atoms with Gasteiger partial charge in [0.2, 0.25) is 0 Å². The van der Waals surface area contributed by atoms with E-state index in [1.165, 1.54) is 11.0 Å². The molecule has 0 aromatic heterocycles. The van der Waals surface area contributed by atoms with Gasteiger partial charge in [0.15, 0.2) is 11.4 Å². The summed E-state index contributed by atoms with van der Waals surface area (Å²) in [4.78, 5) is 24.2. The molecule has 0 radical (unpaired) electrons. The van der Waals surface area contributed by atoms with Crippen LogP contribution in [0.3, 0.4) is 0 Å². The summed E-state index contributed by atoms with van der Waals surface area (Å²) in [5.74, 6) is -2.46. The van der Waals surface area contributed by atoms with E-state index in [9.17, 15) is 19.8 Å². The fourth-order valence-electron chi connectivity index (χ4n) is 2.28. The van der Waals surface area contributed by atoms with E-state index in [4.69, 9.17) is 5.73 Å². The molecule has 0 saturated carbocycles. The molecular formula is C14H15N3O4. The molecule has 0 spiro atoms. The Hall–Kier alpha value is -2.96. The maximum absolute atomic E-state index is 11.5. The van der Waals surface area contributed by atoms with Gasteiger partial charge in [-0.05, 0) is 32.0 Å². The SMILES string of the molecule is CC1=C(C(=O)O)N(c2cccc(N)c2)C(C(=O)O)=C(C)N1. The molecule has 0 aliphatic carbocycles. The van der Waals surface area contributed by atoms with Gasteiger partial charge in [0.1, 0.15) is 0 Å². The van der Waals surface area contributed by atoms with Gasteiger partial charge in [0.25, 0.3) is 0 Å². The number of hydrogen-bond acceptors (Lipinski definition) is 5. The molecule has 2 rings (SSSR count). The summed E-state index contributed by atoms with van der Waals surface area (Å²) in [7, 11) is 0. The van der Waals surface area contributed by atoms with E-state index >= 15 is 0 Å². The molecule has 1 aromatic carbocycles. The van der Waals surface area contributed by atoms with E-state index in [1.54, 1.807) is 32.0 Å². The van der Waals surface area contributed by atoms with Gasteiger partial charge in [0, 0.05) is 22.8 Å². The number of nitrogens with zero attached hydrogens (tertiary/aromatic N) is 1. The van der Waals surface area contributed by atoms with Crippen LogP contribution in [0.4, 0.5) is 11.4 Å². The van der Waals surface area contributed by atoms with E-state index < -0.39 is 11.9 Å². The lowest BCUT2D eigenvalue weighted by molar-refractivity contribution is -0.133. The number of allylic oxidation sites excluding steroid dienone is 2. The van der Waals surface area contributed by atoms with Crippen LogP contribution in [0.1, 0.15) is 13.8 Å². The number of carbonyl (C=O) groups is 2. The van der Waals surface area contributed by atoms with Gasteiger partial charge >= 0.3 is 11.9 Å². The molecule has 0 amide bonds. The number of carboxylic acids is 2. The molecular weight excluding hydrogens is 274 g/mol. The van der Waals surface area contributed by atoms with Crippen LogP contribution in [0.2, 0.25) is 0 Å². The average Bonchev–Trinajstić information content (AvgIpc) is 2.36. The van der Waals surface area contributed by atoms with Gasteiger partial charge in [-0.15, -0.1) is 0 Å². The van der Waals surface area contributed by atoms with Crippen LogP contribution in [0.5, 0.6) is 0 Å². The largest absolute Gasteiger partial charge is 0.477 e. The maximum Gasteiger partial charge on any atom is 0.354 e. The Morgan fingerprint density at radius 3 is 2.05 bits per heavy atom. The molecule has 0 unspecified atom stereocenters. The highest BCUT2D eigenvalue weighted by Gasteiger charge is 2.33. The summed E-state index contributed by atoms with van der Waals surface area (Å²) in [5.41, 5.74) is 6.91. The lowest BCUT2D eigenvalue weighted by Crippen LogP contribution is -2.39. The molecule has 0 bridgehead atoms. The minimum Gasteiger partial charge on any atom is -0.477 e. The van der Waals surface area contributed by atoms with Crippen molar-refractivity contribution >= 4 is 23.3 Å². The standard InChI is InChI=1S/C14H15N3O4/c1-7-11(13(18)19)17(10-5-3-4-9(15)6-10)12(14(20)21)8(2)16-7/h3-6,16H,15H2,1-2H3,(H,18,19)(H,20,21). The van der Waals surface area contributed by atoms with Crippen molar-refractivity contribution in [3.8, 4) is 0 Å². The lowest BCUT2D eigenvalue weighted by Gasteiger charge is -2.32. The highest BCUT2D eigenvalue weighted by atomic mass is 16.4. The van der Waals surface area contributed by atoms with E-state index in [0.29, 0.717) is 22.8 Å². The Labute approximate surface area is 121 Å². The molecule has 1 heterocycles. The monoisotopic (exact) mass is 289 g/mol. The normalized spacial score (nSPS) is 15.0. The van der Waals surface area contributed by atoms with Crippen LogP contribution >= 0.6 is 0 Å². The number of hydrogen-bond donors (Lipinski definition) is 4. The number of benzene rings is 1. The molecule has 1 aliphatic rings. The third-order valence-electron chi connectivity index (χ3n) is 3.07. The molecule has 7 heteroatoms. The van der Waals surface area contributed by atoms with Crippen LogP contribution in [-0.2, 0) is 9.59 Å². The Balaban J connectivity index is 2.70. The van der Waals surface area contributed by atoms with Gasteiger partial charge in [-0.3, -0.25) is 4.90 Å². The first-order valence-corrected chi connectivity index (χ1v) is 6.14. The Morgan fingerprint density at radius 2 is 1.62 bits per heavy atom. The van der Waals surface area contributed by atoms with Crippen molar-refractivity contribution in [2.24, 2.45) is 0 Å². The van der Waals surface area contributed by atoms with Crippen molar-refractivity contribution in [1.29, 1.82) is 0 Å². The van der Waals surface area contributed by atoms with E-state index in [1.807, 2.05) is 0 Å². The number of nitrogen functional groups attached to an aromatic ring is 1. The topological polar surface area (TPSA) is 116 Å². The quantitative estimate of drug-likeness (QED) is 0.620. The minimum atomic E-state index is -1.23. The molecule has 0 saturated heterocycles. The van der Waals surface area contributed by atoms with Crippen molar-refractivity contribution < 1.29 is 19.8 Å². The first-order chi connectivity index (χ1) is 9.82.